The third kappa shape index (κ3) is 2.57. The number of fused-ring (bicyclic) bond motifs is 2. The minimum absolute atomic E-state index is 0.0218. The van der Waals surface area contributed by atoms with Gasteiger partial charge in [0.05, 0.1) is 21.3 Å². The van der Waals surface area contributed by atoms with Crippen LogP contribution in [0.5, 0.6) is 0 Å². The minimum atomic E-state index is -0.470. The highest BCUT2D eigenvalue weighted by atomic mass is 35.5. The second kappa shape index (κ2) is 6.34. The van der Waals surface area contributed by atoms with E-state index < -0.39 is 11.6 Å². The molecule has 0 saturated carbocycles. The third-order valence-electron chi connectivity index (χ3n) is 4.56. The van der Waals surface area contributed by atoms with E-state index in [4.69, 9.17) is 28.9 Å². The predicted octanol–water partition coefficient (Wildman–Crippen LogP) is 4.58. The van der Waals surface area contributed by atoms with E-state index in [2.05, 4.69) is 0 Å². The molecule has 132 valence electrons. The van der Waals surface area contributed by atoms with Gasteiger partial charge in [0.1, 0.15) is 0 Å². The smallest absolute Gasteiger partial charge is 0.196 e. The molecule has 0 saturated heterocycles. The van der Waals surface area contributed by atoms with E-state index >= 15 is 0 Å². The average molecular weight is 396 g/mol. The van der Waals surface area contributed by atoms with Crippen molar-refractivity contribution in [1.82, 2.24) is 0 Å². The Morgan fingerprint density at radius 3 is 2.04 bits per heavy atom. The van der Waals surface area contributed by atoms with Gasteiger partial charge in [-0.1, -0.05) is 59.6 Å². The number of halogens is 2. The molecule has 0 unspecified atom stereocenters. The fourth-order valence-electron chi connectivity index (χ4n) is 3.20. The summed E-state index contributed by atoms with van der Waals surface area (Å²) in [5, 5.41) is 0.152. The molecule has 3 aromatic carbocycles. The molecule has 3 aromatic rings. The van der Waals surface area contributed by atoms with E-state index in [-0.39, 0.29) is 54.9 Å². The molecule has 0 radical (unpaired) electrons. The van der Waals surface area contributed by atoms with Crippen LogP contribution < -0.4 is 5.73 Å². The summed E-state index contributed by atoms with van der Waals surface area (Å²) >= 11 is 12.4. The highest BCUT2D eigenvalue weighted by Gasteiger charge is 2.34. The van der Waals surface area contributed by atoms with Crippen molar-refractivity contribution in [3.05, 3.63) is 98.0 Å². The number of hydrogen-bond acceptors (Lipinski definition) is 4. The summed E-state index contributed by atoms with van der Waals surface area (Å²) in [5.74, 6) is -1.24. The SMILES string of the molecule is Nc1c(C(=O)c2ccccc2Cl)cc2c(c1Cl)C(=O)c1ccccc1C2=O. The first-order valence-electron chi connectivity index (χ1n) is 8.01. The van der Waals surface area contributed by atoms with Crippen molar-refractivity contribution in [3.63, 3.8) is 0 Å². The average Bonchev–Trinajstić information content (AvgIpc) is 2.68. The van der Waals surface area contributed by atoms with Crippen LogP contribution in [0.2, 0.25) is 10.0 Å². The van der Waals surface area contributed by atoms with Gasteiger partial charge < -0.3 is 5.73 Å². The van der Waals surface area contributed by atoms with Gasteiger partial charge in [0.15, 0.2) is 17.3 Å². The van der Waals surface area contributed by atoms with Gasteiger partial charge in [-0.25, -0.2) is 0 Å². The zero-order chi connectivity index (χ0) is 19.3. The van der Waals surface area contributed by atoms with Crippen LogP contribution in [0.15, 0.2) is 54.6 Å². The topological polar surface area (TPSA) is 77.2 Å². The van der Waals surface area contributed by atoms with Gasteiger partial charge >= 0.3 is 0 Å². The summed E-state index contributed by atoms with van der Waals surface area (Å²) in [5.41, 5.74) is 6.90. The Bertz CT molecular complexity index is 1170. The molecule has 0 amide bonds. The number of nitrogens with two attached hydrogens (primary N) is 1. The molecule has 4 rings (SSSR count). The van der Waals surface area contributed by atoms with Crippen molar-refractivity contribution in [2.45, 2.75) is 0 Å². The molecule has 6 heteroatoms. The lowest BCUT2D eigenvalue weighted by molar-refractivity contribution is 0.0978. The van der Waals surface area contributed by atoms with Gasteiger partial charge in [-0.3, -0.25) is 14.4 Å². The molecule has 2 N–H and O–H groups in total. The molecule has 0 bridgehead atoms. The van der Waals surface area contributed by atoms with Crippen LogP contribution in [0.1, 0.15) is 47.8 Å². The fraction of sp³-hybridized carbons (Fsp3) is 0. The van der Waals surface area contributed by atoms with Gasteiger partial charge in [-0.05, 0) is 18.2 Å². The zero-order valence-electron chi connectivity index (χ0n) is 13.8. The van der Waals surface area contributed by atoms with Gasteiger partial charge in [-0.15, -0.1) is 0 Å². The predicted molar refractivity (Wildman–Crippen MR) is 104 cm³/mol. The first-order valence-corrected chi connectivity index (χ1v) is 8.77. The van der Waals surface area contributed by atoms with Crippen molar-refractivity contribution in [1.29, 1.82) is 0 Å². The fourth-order valence-corrected chi connectivity index (χ4v) is 3.71. The Balaban J connectivity index is 1.95. The molecule has 0 heterocycles. The van der Waals surface area contributed by atoms with Crippen LogP contribution in [0, 0.1) is 0 Å². The molecule has 0 spiro atoms. The van der Waals surface area contributed by atoms with Crippen LogP contribution in [0.25, 0.3) is 0 Å². The van der Waals surface area contributed by atoms with Gasteiger partial charge in [0.2, 0.25) is 0 Å². The lowest BCUT2D eigenvalue weighted by Crippen LogP contribution is -2.23. The maximum absolute atomic E-state index is 12.9. The Kier molecular flexibility index (Phi) is 4.10. The molecule has 0 aromatic heterocycles. The number of hydrogen-bond donors (Lipinski definition) is 1. The number of anilines is 1. The van der Waals surface area contributed by atoms with Crippen molar-refractivity contribution in [2.75, 3.05) is 5.73 Å². The molecule has 4 nitrogen and oxygen atoms in total. The van der Waals surface area contributed by atoms with Crippen molar-refractivity contribution in [2.24, 2.45) is 0 Å². The van der Waals surface area contributed by atoms with Crippen molar-refractivity contribution >= 4 is 46.2 Å². The summed E-state index contributed by atoms with van der Waals surface area (Å²) in [4.78, 5) is 38.7. The number of benzene rings is 3. The highest BCUT2D eigenvalue weighted by Crippen LogP contribution is 2.38. The number of nitrogen functional groups attached to an aromatic ring is 1. The summed E-state index contributed by atoms with van der Waals surface area (Å²) in [6.45, 7) is 0. The molecular formula is C21H11Cl2NO3. The summed E-state index contributed by atoms with van der Waals surface area (Å²) < 4.78 is 0. The first kappa shape index (κ1) is 17.5. The standard InChI is InChI=1S/C21H11Cl2NO3/c22-15-8-4-3-7-12(15)20(26)14-9-13-16(17(23)18(14)24)21(27)11-6-2-1-5-10(11)19(13)25/h1-9H,24H2. The van der Waals surface area contributed by atoms with Gasteiger partial charge in [-0.2, -0.15) is 0 Å². The Hall–Kier alpha value is -2.95. The summed E-state index contributed by atoms with van der Waals surface area (Å²) in [7, 11) is 0. The Labute approximate surface area is 164 Å². The molecule has 1 aliphatic rings. The Morgan fingerprint density at radius 1 is 0.778 bits per heavy atom. The minimum Gasteiger partial charge on any atom is -0.397 e. The molecular weight excluding hydrogens is 385 g/mol. The van der Waals surface area contributed by atoms with E-state index in [0.717, 1.165) is 0 Å². The largest absolute Gasteiger partial charge is 0.397 e. The quantitative estimate of drug-likeness (QED) is 0.397. The normalized spacial score (nSPS) is 12.5. The van der Waals surface area contributed by atoms with E-state index in [9.17, 15) is 14.4 Å². The maximum atomic E-state index is 12.9. The van der Waals surface area contributed by atoms with Gasteiger partial charge in [0.25, 0.3) is 0 Å². The molecule has 27 heavy (non-hydrogen) atoms. The van der Waals surface area contributed by atoms with E-state index in [0.29, 0.717) is 0 Å². The van der Waals surface area contributed by atoms with Crippen molar-refractivity contribution in [3.8, 4) is 0 Å². The number of carbonyl (C=O) groups excluding carboxylic acids is 3. The van der Waals surface area contributed by atoms with E-state index in [1.807, 2.05) is 0 Å². The van der Waals surface area contributed by atoms with Crippen LogP contribution in [0.4, 0.5) is 5.69 Å². The van der Waals surface area contributed by atoms with E-state index in [1.165, 1.54) is 6.07 Å². The second-order valence-electron chi connectivity index (χ2n) is 6.09. The third-order valence-corrected chi connectivity index (χ3v) is 5.28. The van der Waals surface area contributed by atoms with Crippen LogP contribution in [-0.2, 0) is 0 Å². The maximum Gasteiger partial charge on any atom is 0.196 e. The van der Waals surface area contributed by atoms with Crippen LogP contribution in [-0.4, -0.2) is 17.3 Å². The number of ketones is 3. The van der Waals surface area contributed by atoms with Crippen molar-refractivity contribution < 1.29 is 14.4 Å². The van der Waals surface area contributed by atoms with E-state index in [1.54, 1.807) is 48.5 Å². The first-order chi connectivity index (χ1) is 12.9. The second-order valence-corrected chi connectivity index (χ2v) is 6.87. The highest BCUT2D eigenvalue weighted by molar-refractivity contribution is 6.42. The molecule has 0 aliphatic heterocycles. The molecule has 0 fully saturated rings. The molecule has 0 atom stereocenters. The zero-order valence-corrected chi connectivity index (χ0v) is 15.3. The number of carbonyl (C=O) groups is 3. The lowest BCUT2D eigenvalue weighted by Gasteiger charge is -2.21. The monoisotopic (exact) mass is 395 g/mol. The van der Waals surface area contributed by atoms with Gasteiger partial charge in [0, 0.05) is 27.8 Å². The summed E-state index contributed by atoms with van der Waals surface area (Å²) in [6, 6.07) is 14.3. The molecule has 1 aliphatic carbocycles. The Morgan fingerprint density at radius 2 is 1.37 bits per heavy atom. The summed E-state index contributed by atoms with van der Waals surface area (Å²) in [6.07, 6.45) is 0. The number of rotatable bonds is 2. The van der Waals surface area contributed by atoms with Crippen LogP contribution in [0.3, 0.4) is 0 Å². The lowest BCUT2D eigenvalue weighted by atomic mass is 9.82. The van der Waals surface area contributed by atoms with Crippen LogP contribution >= 0.6 is 23.2 Å².